The Labute approximate surface area is 155 Å². The summed E-state index contributed by atoms with van der Waals surface area (Å²) in [5, 5.41) is 9.68. The van der Waals surface area contributed by atoms with Crippen molar-refractivity contribution in [2.24, 2.45) is 0 Å². The Balaban J connectivity index is 0.00000225. The van der Waals surface area contributed by atoms with Crippen LogP contribution in [0.5, 0.6) is 0 Å². The van der Waals surface area contributed by atoms with Crippen molar-refractivity contribution in [3.05, 3.63) is 60.2 Å². The quantitative estimate of drug-likeness (QED) is 0.740. The summed E-state index contributed by atoms with van der Waals surface area (Å²) >= 11 is 0. The number of halogens is 1. The molecule has 0 bridgehead atoms. The molecule has 0 aromatic heterocycles. The molecule has 3 rings (SSSR count). The number of hydrogen-bond donors (Lipinski definition) is 3. The van der Waals surface area contributed by atoms with Gasteiger partial charge in [0.1, 0.15) is 0 Å². The van der Waals surface area contributed by atoms with Crippen molar-refractivity contribution in [1.29, 1.82) is 0 Å². The zero-order valence-electron chi connectivity index (χ0n) is 14.2. The van der Waals surface area contributed by atoms with Crippen LogP contribution in [0.1, 0.15) is 10.4 Å². The standard InChI is InChI=1S/C19H24N4O.ClH/c24-19(21-12-15-23-13-10-20-11-14-23)17-8-4-5-9-18(17)22-16-6-2-1-3-7-16;/h1-9,20,22H,10-15H2,(H,21,24);1H. The number of benzene rings is 2. The van der Waals surface area contributed by atoms with Crippen LogP contribution in [0.4, 0.5) is 11.4 Å². The van der Waals surface area contributed by atoms with Gasteiger partial charge in [-0.2, -0.15) is 0 Å². The van der Waals surface area contributed by atoms with Crippen molar-refractivity contribution in [2.45, 2.75) is 0 Å². The molecule has 1 fully saturated rings. The molecule has 0 saturated carbocycles. The van der Waals surface area contributed by atoms with Gasteiger partial charge in [0.05, 0.1) is 11.3 Å². The van der Waals surface area contributed by atoms with Crippen molar-refractivity contribution in [2.75, 3.05) is 44.6 Å². The molecule has 6 heteroatoms. The number of amides is 1. The second-order valence-corrected chi connectivity index (χ2v) is 5.88. The van der Waals surface area contributed by atoms with Gasteiger partial charge in [0.2, 0.25) is 0 Å². The molecule has 134 valence electrons. The molecule has 2 aromatic rings. The smallest absolute Gasteiger partial charge is 0.253 e. The van der Waals surface area contributed by atoms with Crippen molar-refractivity contribution in [3.63, 3.8) is 0 Å². The van der Waals surface area contributed by atoms with Gasteiger partial charge in [-0.05, 0) is 24.3 Å². The number of hydrogen-bond acceptors (Lipinski definition) is 4. The fourth-order valence-corrected chi connectivity index (χ4v) is 2.82. The van der Waals surface area contributed by atoms with E-state index >= 15 is 0 Å². The zero-order chi connectivity index (χ0) is 16.6. The number of carbonyl (C=O) groups is 1. The molecular weight excluding hydrogens is 336 g/mol. The van der Waals surface area contributed by atoms with E-state index < -0.39 is 0 Å². The SMILES string of the molecule is Cl.O=C(NCCN1CCNCC1)c1ccccc1Nc1ccccc1. The van der Waals surface area contributed by atoms with Gasteiger partial charge >= 0.3 is 0 Å². The van der Waals surface area contributed by atoms with E-state index in [4.69, 9.17) is 0 Å². The van der Waals surface area contributed by atoms with E-state index in [0.29, 0.717) is 12.1 Å². The van der Waals surface area contributed by atoms with Gasteiger partial charge in [0, 0.05) is 45.0 Å². The lowest BCUT2D eigenvalue weighted by Crippen LogP contribution is -2.46. The van der Waals surface area contributed by atoms with Crippen LogP contribution in [-0.2, 0) is 0 Å². The summed E-state index contributed by atoms with van der Waals surface area (Å²) in [6.07, 6.45) is 0. The molecule has 0 radical (unpaired) electrons. The normalized spacial score (nSPS) is 14.4. The highest BCUT2D eigenvalue weighted by Crippen LogP contribution is 2.20. The fraction of sp³-hybridized carbons (Fsp3) is 0.316. The van der Waals surface area contributed by atoms with E-state index in [1.807, 2.05) is 54.6 Å². The fourth-order valence-electron chi connectivity index (χ4n) is 2.82. The van der Waals surface area contributed by atoms with Crippen molar-refractivity contribution < 1.29 is 4.79 Å². The van der Waals surface area contributed by atoms with E-state index in [1.54, 1.807) is 0 Å². The third-order valence-electron chi connectivity index (χ3n) is 4.15. The Morgan fingerprint density at radius 3 is 2.44 bits per heavy atom. The van der Waals surface area contributed by atoms with Crippen LogP contribution in [0.25, 0.3) is 0 Å². The van der Waals surface area contributed by atoms with E-state index in [1.165, 1.54) is 0 Å². The Hall–Kier alpha value is -2.08. The highest BCUT2D eigenvalue weighted by atomic mass is 35.5. The van der Waals surface area contributed by atoms with Crippen LogP contribution < -0.4 is 16.0 Å². The molecule has 3 N–H and O–H groups in total. The topological polar surface area (TPSA) is 56.4 Å². The summed E-state index contributed by atoms with van der Waals surface area (Å²) in [7, 11) is 0. The predicted molar refractivity (Wildman–Crippen MR) is 105 cm³/mol. The number of carbonyl (C=O) groups excluding carboxylic acids is 1. The number of rotatable bonds is 6. The molecule has 1 aliphatic rings. The van der Waals surface area contributed by atoms with E-state index in [9.17, 15) is 4.79 Å². The van der Waals surface area contributed by atoms with Crippen molar-refractivity contribution in [3.8, 4) is 0 Å². The van der Waals surface area contributed by atoms with Crippen LogP contribution in [0.3, 0.4) is 0 Å². The Bertz CT molecular complexity index is 659. The zero-order valence-corrected chi connectivity index (χ0v) is 15.0. The van der Waals surface area contributed by atoms with E-state index in [-0.39, 0.29) is 18.3 Å². The first-order valence-electron chi connectivity index (χ1n) is 8.45. The van der Waals surface area contributed by atoms with Crippen LogP contribution in [0.2, 0.25) is 0 Å². The van der Waals surface area contributed by atoms with Gasteiger partial charge in [0.25, 0.3) is 5.91 Å². The van der Waals surface area contributed by atoms with Crippen LogP contribution in [0.15, 0.2) is 54.6 Å². The number of para-hydroxylation sites is 2. The lowest BCUT2D eigenvalue weighted by Gasteiger charge is -2.27. The first-order valence-corrected chi connectivity index (χ1v) is 8.45. The third-order valence-corrected chi connectivity index (χ3v) is 4.15. The largest absolute Gasteiger partial charge is 0.355 e. The lowest BCUT2D eigenvalue weighted by molar-refractivity contribution is 0.0948. The molecule has 2 aromatic carbocycles. The molecule has 5 nitrogen and oxygen atoms in total. The highest BCUT2D eigenvalue weighted by Gasteiger charge is 2.12. The second-order valence-electron chi connectivity index (χ2n) is 5.88. The predicted octanol–water partition coefficient (Wildman–Crippen LogP) is 2.49. The maximum Gasteiger partial charge on any atom is 0.253 e. The highest BCUT2D eigenvalue weighted by molar-refractivity contribution is 6.00. The van der Waals surface area contributed by atoms with E-state index in [0.717, 1.165) is 44.1 Å². The molecule has 1 amide bonds. The average molecular weight is 361 g/mol. The summed E-state index contributed by atoms with van der Waals surface area (Å²) < 4.78 is 0. The van der Waals surface area contributed by atoms with Gasteiger partial charge < -0.3 is 16.0 Å². The number of nitrogens with zero attached hydrogens (tertiary/aromatic N) is 1. The molecule has 0 atom stereocenters. The summed E-state index contributed by atoms with van der Waals surface area (Å²) in [6.45, 7) is 5.69. The van der Waals surface area contributed by atoms with Crippen molar-refractivity contribution >= 4 is 29.7 Å². The number of piperazine rings is 1. The minimum Gasteiger partial charge on any atom is -0.355 e. The Kier molecular flexibility index (Phi) is 7.73. The molecule has 1 aliphatic heterocycles. The third kappa shape index (κ3) is 5.74. The van der Waals surface area contributed by atoms with Gasteiger partial charge in [-0.15, -0.1) is 12.4 Å². The minimum atomic E-state index is -0.0378. The van der Waals surface area contributed by atoms with Crippen LogP contribution in [-0.4, -0.2) is 50.1 Å². The van der Waals surface area contributed by atoms with Gasteiger partial charge in [-0.25, -0.2) is 0 Å². The number of anilines is 2. The maximum atomic E-state index is 12.5. The molecule has 0 unspecified atom stereocenters. The Morgan fingerprint density at radius 1 is 1.00 bits per heavy atom. The second kappa shape index (κ2) is 10.0. The Morgan fingerprint density at radius 2 is 1.68 bits per heavy atom. The van der Waals surface area contributed by atoms with Crippen molar-refractivity contribution in [1.82, 2.24) is 15.5 Å². The molecule has 1 heterocycles. The number of nitrogens with one attached hydrogen (secondary N) is 3. The van der Waals surface area contributed by atoms with E-state index in [2.05, 4.69) is 20.9 Å². The monoisotopic (exact) mass is 360 g/mol. The molecule has 25 heavy (non-hydrogen) atoms. The minimum absolute atomic E-state index is 0. The van der Waals surface area contributed by atoms with Gasteiger partial charge in [0.15, 0.2) is 0 Å². The lowest BCUT2D eigenvalue weighted by atomic mass is 10.1. The molecular formula is C19H25ClN4O. The van der Waals surface area contributed by atoms with Crippen LogP contribution >= 0.6 is 12.4 Å². The maximum absolute atomic E-state index is 12.5. The summed E-state index contributed by atoms with van der Waals surface area (Å²) in [6, 6.07) is 17.5. The first kappa shape index (κ1) is 19.2. The molecule has 0 spiro atoms. The first-order chi connectivity index (χ1) is 11.8. The molecule has 1 saturated heterocycles. The van der Waals surface area contributed by atoms with Crippen LogP contribution in [0, 0.1) is 0 Å². The average Bonchev–Trinajstić information content (AvgIpc) is 2.64. The van der Waals surface area contributed by atoms with Gasteiger partial charge in [-0.3, -0.25) is 9.69 Å². The molecule has 0 aliphatic carbocycles. The summed E-state index contributed by atoms with van der Waals surface area (Å²) in [5.41, 5.74) is 2.46. The summed E-state index contributed by atoms with van der Waals surface area (Å²) in [4.78, 5) is 14.9. The summed E-state index contributed by atoms with van der Waals surface area (Å²) in [5.74, 6) is -0.0378. The van der Waals surface area contributed by atoms with Gasteiger partial charge in [-0.1, -0.05) is 30.3 Å².